The predicted octanol–water partition coefficient (Wildman–Crippen LogP) is 3.49. The van der Waals surface area contributed by atoms with Crippen molar-refractivity contribution in [1.82, 2.24) is 9.80 Å². The van der Waals surface area contributed by atoms with Gasteiger partial charge in [0.1, 0.15) is 5.75 Å². The number of hydrogen-bond donors (Lipinski definition) is 0. The molecule has 0 N–H and O–H groups in total. The maximum absolute atomic E-state index is 12.5. The largest absolute Gasteiger partial charge is 0.490 e. The lowest BCUT2D eigenvalue weighted by molar-refractivity contribution is -0.132. The SMILES string of the molecule is CN1CCC(N(C)C(=O)CCc2cccc(OC3CCCC3)c2)CC1. The van der Waals surface area contributed by atoms with Gasteiger partial charge in [0.05, 0.1) is 6.10 Å². The molecule has 0 aromatic heterocycles. The van der Waals surface area contributed by atoms with Crippen LogP contribution in [0.4, 0.5) is 0 Å². The van der Waals surface area contributed by atoms with E-state index in [1.165, 1.54) is 31.2 Å². The molecule has 4 nitrogen and oxygen atoms in total. The molecule has 138 valence electrons. The fourth-order valence-corrected chi connectivity index (χ4v) is 3.99. The van der Waals surface area contributed by atoms with Crippen molar-refractivity contribution in [3.05, 3.63) is 29.8 Å². The standard InChI is InChI=1S/C21H32N2O2/c1-22-14-12-18(13-15-22)23(2)21(24)11-10-17-6-5-9-20(16-17)25-19-7-3-4-8-19/h5-6,9,16,18-19H,3-4,7-8,10-15H2,1-2H3. The number of carbonyl (C=O) groups is 1. The third-order valence-electron chi connectivity index (χ3n) is 5.76. The summed E-state index contributed by atoms with van der Waals surface area (Å²) in [7, 11) is 4.12. The average molecular weight is 344 g/mol. The zero-order valence-electron chi connectivity index (χ0n) is 15.7. The Balaban J connectivity index is 1.48. The summed E-state index contributed by atoms with van der Waals surface area (Å²) in [5.41, 5.74) is 1.20. The Kier molecular flexibility index (Phi) is 6.35. The molecule has 0 unspecified atom stereocenters. The molecular formula is C21H32N2O2. The quantitative estimate of drug-likeness (QED) is 0.792. The maximum Gasteiger partial charge on any atom is 0.222 e. The first-order valence-electron chi connectivity index (χ1n) is 9.81. The van der Waals surface area contributed by atoms with Crippen LogP contribution in [0.5, 0.6) is 5.75 Å². The number of aryl methyl sites for hydroxylation is 1. The van der Waals surface area contributed by atoms with E-state index in [4.69, 9.17) is 4.74 Å². The van der Waals surface area contributed by atoms with Crippen LogP contribution in [0.3, 0.4) is 0 Å². The van der Waals surface area contributed by atoms with E-state index in [2.05, 4.69) is 24.1 Å². The summed E-state index contributed by atoms with van der Waals surface area (Å²) in [6, 6.07) is 8.70. The predicted molar refractivity (Wildman–Crippen MR) is 101 cm³/mol. The lowest BCUT2D eigenvalue weighted by Crippen LogP contribution is -2.44. The molecule has 1 amide bonds. The summed E-state index contributed by atoms with van der Waals surface area (Å²) in [5.74, 6) is 1.22. The summed E-state index contributed by atoms with van der Waals surface area (Å²) in [6.07, 6.45) is 8.83. The Labute approximate surface area is 152 Å². The Morgan fingerprint density at radius 1 is 1.20 bits per heavy atom. The topological polar surface area (TPSA) is 32.8 Å². The summed E-state index contributed by atoms with van der Waals surface area (Å²) in [4.78, 5) is 16.9. The molecule has 1 heterocycles. The van der Waals surface area contributed by atoms with Crippen molar-refractivity contribution in [3.8, 4) is 5.75 Å². The van der Waals surface area contributed by atoms with Gasteiger partial charge in [-0.15, -0.1) is 0 Å². The molecule has 1 saturated heterocycles. The van der Waals surface area contributed by atoms with Crippen LogP contribution in [0.2, 0.25) is 0 Å². The monoisotopic (exact) mass is 344 g/mol. The molecule has 2 fully saturated rings. The normalized spacial score (nSPS) is 19.9. The number of hydrogen-bond acceptors (Lipinski definition) is 3. The zero-order valence-corrected chi connectivity index (χ0v) is 15.7. The molecule has 1 aromatic carbocycles. The van der Waals surface area contributed by atoms with Crippen LogP contribution >= 0.6 is 0 Å². The van der Waals surface area contributed by atoms with E-state index in [1.54, 1.807) is 0 Å². The van der Waals surface area contributed by atoms with Crippen molar-refractivity contribution in [1.29, 1.82) is 0 Å². The molecule has 1 aliphatic carbocycles. The van der Waals surface area contributed by atoms with E-state index in [0.717, 1.165) is 38.1 Å². The van der Waals surface area contributed by atoms with Crippen LogP contribution in [0.15, 0.2) is 24.3 Å². The third-order valence-corrected chi connectivity index (χ3v) is 5.76. The average Bonchev–Trinajstić information content (AvgIpc) is 3.13. The van der Waals surface area contributed by atoms with E-state index in [1.807, 2.05) is 24.1 Å². The van der Waals surface area contributed by atoms with Crippen molar-refractivity contribution in [2.45, 2.75) is 63.5 Å². The molecule has 1 aromatic rings. The van der Waals surface area contributed by atoms with Crippen molar-refractivity contribution in [3.63, 3.8) is 0 Å². The molecule has 0 spiro atoms. The van der Waals surface area contributed by atoms with Gasteiger partial charge in [0.2, 0.25) is 5.91 Å². The van der Waals surface area contributed by atoms with Gasteiger partial charge in [0.25, 0.3) is 0 Å². The summed E-state index contributed by atoms with van der Waals surface area (Å²) in [6.45, 7) is 2.17. The lowest BCUT2D eigenvalue weighted by Gasteiger charge is -2.35. The van der Waals surface area contributed by atoms with Gasteiger partial charge in [-0.25, -0.2) is 0 Å². The van der Waals surface area contributed by atoms with Crippen LogP contribution < -0.4 is 4.74 Å². The molecule has 0 atom stereocenters. The molecular weight excluding hydrogens is 312 g/mol. The molecule has 0 bridgehead atoms. The van der Waals surface area contributed by atoms with E-state index in [0.29, 0.717) is 18.6 Å². The molecule has 3 rings (SSSR count). The van der Waals surface area contributed by atoms with E-state index < -0.39 is 0 Å². The highest BCUT2D eigenvalue weighted by Gasteiger charge is 2.23. The number of amides is 1. The highest BCUT2D eigenvalue weighted by molar-refractivity contribution is 5.76. The van der Waals surface area contributed by atoms with Gasteiger partial charge in [-0.3, -0.25) is 4.79 Å². The molecule has 4 heteroatoms. The number of likely N-dealkylation sites (tertiary alicyclic amines) is 1. The first kappa shape index (κ1) is 18.2. The number of ether oxygens (including phenoxy) is 1. The van der Waals surface area contributed by atoms with Gasteiger partial charge >= 0.3 is 0 Å². The molecule has 2 aliphatic rings. The smallest absolute Gasteiger partial charge is 0.222 e. The molecule has 25 heavy (non-hydrogen) atoms. The number of rotatable bonds is 6. The maximum atomic E-state index is 12.5. The lowest BCUT2D eigenvalue weighted by atomic mass is 10.0. The Morgan fingerprint density at radius 3 is 2.64 bits per heavy atom. The first-order valence-corrected chi connectivity index (χ1v) is 9.81. The second kappa shape index (κ2) is 8.70. The third kappa shape index (κ3) is 5.21. The zero-order chi connectivity index (χ0) is 17.6. The molecule has 1 saturated carbocycles. The number of nitrogens with zero attached hydrogens (tertiary/aromatic N) is 2. The number of piperidine rings is 1. The van der Waals surface area contributed by atoms with E-state index in [9.17, 15) is 4.79 Å². The van der Waals surface area contributed by atoms with Gasteiger partial charge in [-0.1, -0.05) is 12.1 Å². The van der Waals surface area contributed by atoms with Gasteiger partial charge in [-0.2, -0.15) is 0 Å². The van der Waals surface area contributed by atoms with E-state index in [-0.39, 0.29) is 5.91 Å². The summed E-state index contributed by atoms with van der Waals surface area (Å²) >= 11 is 0. The minimum atomic E-state index is 0.261. The van der Waals surface area contributed by atoms with Crippen LogP contribution in [-0.2, 0) is 11.2 Å². The highest BCUT2D eigenvalue weighted by Crippen LogP contribution is 2.25. The summed E-state index contributed by atoms with van der Waals surface area (Å²) < 4.78 is 6.08. The fourth-order valence-electron chi connectivity index (χ4n) is 3.99. The Hall–Kier alpha value is -1.55. The van der Waals surface area contributed by atoms with Gasteiger partial charge < -0.3 is 14.5 Å². The highest BCUT2D eigenvalue weighted by atomic mass is 16.5. The van der Waals surface area contributed by atoms with Crippen molar-refractivity contribution >= 4 is 5.91 Å². The number of benzene rings is 1. The van der Waals surface area contributed by atoms with Crippen LogP contribution in [0.1, 0.15) is 50.5 Å². The van der Waals surface area contributed by atoms with Crippen LogP contribution in [-0.4, -0.2) is 55.0 Å². The fraction of sp³-hybridized carbons (Fsp3) is 0.667. The first-order chi connectivity index (χ1) is 12.1. The van der Waals surface area contributed by atoms with Gasteiger partial charge in [0.15, 0.2) is 0 Å². The van der Waals surface area contributed by atoms with Crippen LogP contribution in [0, 0.1) is 0 Å². The Morgan fingerprint density at radius 2 is 1.92 bits per heavy atom. The second-order valence-electron chi connectivity index (χ2n) is 7.71. The minimum Gasteiger partial charge on any atom is -0.490 e. The molecule has 0 radical (unpaired) electrons. The van der Waals surface area contributed by atoms with Gasteiger partial charge in [0, 0.05) is 19.5 Å². The van der Waals surface area contributed by atoms with Crippen molar-refractivity contribution in [2.75, 3.05) is 27.2 Å². The van der Waals surface area contributed by atoms with Crippen molar-refractivity contribution < 1.29 is 9.53 Å². The summed E-state index contributed by atoms with van der Waals surface area (Å²) in [5, 5.41) is 0. The minimum absolute atomic E-state index is 0.261. The van der Waals surface area contributed by atoms with Crippen molar-refractivity contribution in [2.24, 2.45) is 0 Å². The van der Waals surface area contributed by atoms with Gasteiger partial charge in [-0.05, 0) is 82.8 Å². The number of carbonyl (C=O) groups excluding carboxylic acids is 1. The van der Waals surface area contributed by atoms with E-state index >= 15 is 0 Å². The molecule has 1 aliphatic heterocycles. The second-order valence-corrected chi connectivity index (χ2v) is 7.71. The Bertz CT molecular complexity index is 561. The van der Waals surface area contributed by atoms with Crippen LogP contribution in [0.25, 0.3) is 0 Å².